The van der Waals surface area contributed by atoms with Gasteiger partial charge in [0.05, 0.1) is 11.2 Å². The number of hydrogen-bond acceptors (Lipinski definition) is 3. The molecule has 0 unspecified atom stereocenters. The molecule has 0 radical (unpaired) electrons. The lowest BCUT2D eigenvalue weighted by Crippen LogP contribution is -2.64. The molecular weight excluding hydrogens is 179 g/mol. The third-order valence-electron chi connectivity index (χ3n) is 3.98. The summed E-state index contributed by atoms with van der Waals surface area (Å²) in [5.74, 6) is 0. The average Bonchev–Trinajstić information content (AvgIpc) is 1.99. The molecule has 0 aromatic rings. The van der Waals surface area contributed by atoms with E-state index in [4.69, 9.17) is 14.0 Å². The Labute approximate surface area is 87.3 Å². The standard InChI is InChI=1S/C10H21BO3/c1-8(2)9(3,4)13-11(12-7)14-10(8,5)6/h1-7H3. The third-order valence-corrected chi connectivity index (χ3v) is 3.98. The van der Waals surface area contributed by atoms with Crippen molar-refractivity contribution in [3.05, 3.63) is 0 Å². The van der Waals surface area contributed by atoms with Crippen LogP contribution in [0.15, 0.2) is 0 Å². The number of rotatable bonds is 1. The van der Waals surface area contributed by atoms with Gasteiger partial charge in [0, 0.05) is 12.5 Å². The summed E-state index contributed by atoms with van der Waals surface area (Å²) in [7, 11) is 1.03. The minimum Gasteiger partial charge on any atom is -0.389 e. The average molecular weight is 200 g/mol. The predicted molar refractivity (Wildman–Crippen MR) is 56.9 cm³/mol. The lowest BCUT2D eigenvalue weighted by atomic mass is 9.64. The van der Waals surface area contributed by atoms with Crippen LogP contribution in [-0.2, 0) is 14.0 Å². The van der Waals surface area contributed by atoms with Crippen LogP contribution in [0, 0.1) is 5.41 Å². The van der Waals surface area contributed by atoms with Crippen LogP contribution in [-0.4, -0.2) is 25.6 Å². The topological polar surface area (TPSA) is 27.7 Å². The van der Waals surface area contributed by atoms with Crippen LogP contribution < -0.4 is 0 Å². The SMILES string of the molecule is COB1OC(C)(C)C(C)(C)C(C)(C)O1. The highest BCUT2D eigenvalue weighted by Gasteiger charge is 2.57. The molecule has 1 saturated heterocycles. The lowest BCUT2D eigenvalue weighted by molar-refractivity contribution is -0.200. The Morgan fingerprint density at radius 2 is 1.21 bits per heavy atom. The molecule has 0 saturated carbocycles. The summed E-state index contributed by atoms with van der Waals surface area (Å²) in [5.41, 5.74) is -0.611. The van der Waals surface area contributed by atoms with Crippen molar-refractivity contribution < 1.29 is 14.0 Å². The second kappa shape index (κ2) is 3.22. The highest BCUT2D eigenvalue weighted by molar-refractivity contribution is 6.36. The minimum absolute atomic E-state index is 0.0744. The third kappa shape index (κ3) is 1.60. The van der Waals surface area contributed by atoms with E-state index < -0.39 is 7.32 Å². The molecule has 1 aliphatic rings. The summed E-state index contributed by atoms with van der Waals surface area (Å²) < 4.78 is 16.6. The summed E-state index contributed by atoms with van der Waals surface area (Å²) >= 11 is 0. The van der Waals surface area contributed by atoms with Gasteiger partial charge in [0.15, 0.2) is 0 Å². The smallest absolute Gasteiger partial charge is 0.389 e. The van der Waals surface area contributed by atoms with E-state index in [9.17, 15) is 0 Å². The molecule has 0 aliphatic carbocycles. The van der Waals surface area contributed by atoms with Crippen LogP contribution in [0.3, 0.4) is 0 Å². The lowest BCUT2D eigenvalue weighted by Gasteiger charge is -2.56. The first kappa shape index (κ1) is 12.0. The van der Waals surface area contributed by atoms with E-state index in [0.717, 1.165) is 0 Å². The number of hydrogen-bond donors (Lipinski definition) is 0. The summed E-state index contributed by atoms with van der Waals surface area (Å²) in [5, 5.41) is 0. The molecule has 82 valence electrons. The Hall–Kier alpha value is -0.0551. The normalized spacial score (nSPS) is 28.9. The molecule has 0 spiro atoms. The van der Waals surface area contributed by atoms with Gasteiger partial charge in [0.1, 0.15) is 0 Å². The van der Waals surface area contributed by atoms with Crippen molar-refractivity contribution in [1.29, 1.82) is 0 Å². The Balaban J connectivity index is 3.00. The highest BCUT2D eigenvalue weighted by Crippen LogP contribution is 2.48. The maximum absolute atomic E-state index is 5.73. The molecule has 1 rings (SSSR count). The van der Waals surface area contributed by atoms with Crippen LogP contribution >= 0.6 is 0 Å². The van der Waals surface area contributed by atoms with E-state index in [1.165, 1.54) is 0 Å². The van der Waals surface area contributed by atoms with Crippen LogP contribution in [0.2, 0.25) is 0 Å². The molecule has 0 aromatic carbocycles. The maximum atomic E-state index is 5.73. The summed E-state index contributed by atoms with van der Waals surface area (Å²) in [6, 6.07) is 0. The van der Waals surface area contributed by atoms with E-state index in [2.05, 4.69) is 41.5 Å². The van der Waals surface area contributed by atoms with Crippen LogP contribution in [0.1, 0.15) is 41.5 Å². The van der Waals surface area contributed by atoms with Crippen LogP contribution in [0.25, 0.3) is 0 Å². The fourth-order valence-corrected chi connectivity index (χ4v) is 1.62. The Kier molecular flexibility index (Phi) is 2.77. The first-order chi connectivity index (χ1) is 6.14. The fraction of sp³-hybridized carbons (Fsp3) is 1.00. The summed E-state index contributed by atoms with van der Waals surface area (Å²) in [6.45, 7) is 12.6. The molecule has 1 heterocycles. The fourth-order valence-electron chi connectivity index (χ4n) is 1.62. The summed E-state index contributed by atoms with van der Waals surface area (Å²) in [6.07, 6.45) is 0. The zero-order valence-electron chi connectivity index (χ0n) is 10.3. The van der Waals surface area contributed by atoms with Crippen molar-refractivity contribution in [1.82, 2.24) is 0 Å². The van der Waals surface area contributed by atoms with Gasteiger partial charge in [-0.2, -0.15) is 0 Å². The molecule has 4 heteroatoms. The van der Waals surface area contributed by atoms with Crippen molar-refractivity contribution in [2.75, 3.05) is 7.11 Å². The van der Waals surface area contributed by atoms with Gasteiger partial charge >= 0.3 is 7.32 Å². The van der Waals surface area contributed by atoms with Gasteiger partial charge in [-0.15, -0.1) is 0 Å². The van der Waals surface area contributed by atoms with Crippen molar-refractivity contribution in [2.24, 2.45) is 5.41 Å². The maximum Gasteiger partial charge on any atom is 0.640 e. The molecule has 0 aromatic heterocycles. The zero-order chi connectivity index (χ0) is 11.2. The van der Waals surface area contributed by atoms with Crippen LogP contribution in [0.5, 0.6) is 0 Å². The van der Waals surface area contributed by atoms with Gasteiger partial charge in [-0.05, 0) is 27.7 Å². The molecule has 14 heavy (non-hydrogen) atoms. The van der Waals surface area contributed by atoms with Gasteiger partial charge in [0.25, 0.3) is 0 Å². The van der Waals surface area contributed by atoms with E-state index in [1.807, 2.05) is 0 Å². The van der Waals surface area contributed by atoms with Gasteiger partial charge in [0.2, 0.25) is 0 Å². The van der Waals surface area contributed by atoms with Gasteiger partial charge in [-0.3, -0.25) is 0 Å². The zero-order valence-corrected chi connectivity index (χ0v) is 10.3. The van der Waals surface area contributed by atoms with Crippen molar-refractivity contribution in [3.8, 4) is 0 Å². The second-order valence-electron chi connectivity index (χ2n) is 5.41. The van der Waals surface area contributed by atoms with Crippen LogP contribution in [0.4, 0.5) is 0 Å². The van der Waals surface area contributed by atoms with Crippen molar-refractivity contribution >= 4 is 7.32 Å². The van der Waals surface area contributed by atoms with Crippen molar-refractivity contribution in [3.63, 3.8) is 0 Å². The molecule has 0 bridgehead atoms. The monoisotopic (exact) mass is 200 g/mol. The van der Waals surface area contributed by atoms with Gasteiger partial charge in [-0.1, -0.05) is 13.8 Å². The summed E-state index contributed by atoms with van der Waals surface area (Å²) in [4.78, 5) is 0. The van der Waals surface area contributed by atoms with E-state index in [1.54, 1.807) is 7.11 Å². The Bertz CT molecular complexity index is 203. The molecular formula is C10H21BO3. The molecule has 1 fully saturated rings. The Morgan fingerprint density at radius 1 is 0.857 bits per heavy atom. The van der Waals surface area contributed by atoms with Crippen molar-refractivity contribution in [2.45, 2.75) is 52.7 Å². The largest absolute Gasteiger partial charge is 0.640 e. The highest BCUT2D eigenvalue weighted by atomic mass is 16.8. The van der Waals surface area contributed by atoms with Gasteiger partial charge < -0.3 is 14.0 Å². The molecule has 1 aliphatic heterocycles. The second-order valence-corrected chi connectivity index (χ2v) is 5.41. The first-order valence-corrected chi connectivity index (χ1v) is 5.02. The van der Waals surface area contributed by atoms with E-state index in [0.29, 0.717) is 0 Å². The molecule has 0 atom stereocenters. The predicted octanol–water partition coefficient (Wildman–Crippen LogP) is 2.25. The Morgan fingerprint density at radius 3 is 1.50 bits per heavy atom. The molecule has 0 amide bonds. The first-order valence-electron chi connectivity index (χ1n) is 5.02. The quantitative estimate of drug-likeness (QED) is 0.607. The van der Waals surface area contributed by atoms with Gasteiger partial charge in [-0.25, -0.2) is 0 Å². The molecule has 3 nitrogen and oxygen atoms in total. The van der Waals surface area contributed by atoms with E-state index >= 15 is 0 Å². The molecule has 0 N–H and O–H groups in total. The van der Waals surface area contributed by atoms with E-state index in [-0.39, 0.29) is 16.6 Å². The minimum atomic E-state index is -0.562.